The number of ether oxygens (including phenoxy) is 2. The van der Waals surface area contributed by atoms with Gasteiger partial charge in [-0.1, -0.05) is 6.07 Å². The second kappa shape index (κ2) is 6.02. The minimum atomic E-state index is 0.574. The Morgan fingerprint density at radius 3 is 2.50 bits per heavy atom. The van der Waals surface area contributed by atoms with E-state index in [9.17, 15) is 0 Å². The molecule has 18 heavy (non-hydrogen) atoms. The summed E-state index contributed by atoms with van der Waals surface area (Å²) in [4.78, 5) is 4.23. The standard InChI is InChI=1S/C14H16N2O2/c1-17-12-4-6-13(7-5-12)18-14-11(8-9-15)3-2-10-16-14/h2-7,10H,8-9,15H2,1H3. The summed E-state index contributed by atoms with van der Waals surface area (Å²) in [5.74, 6) is 2.13. The highest BCUT2D eigenvalue weighted by atomic mass is 16.5. The van der Waals surface area contributed by atoms with Crippen molar-refractivity contribution in [1.82, 2.24) is 4.98 Å². The minimum Gasteiger partial charge on any atom is -0.497 e. The molecule has 0 aliphatic carbocycles. The summed E-state index contributed by atoms with van der Waals surface area (Å²) >= 11 is 0. The first-order valence-electron chi connectivity index (χ1n) is 5.79. The summed E-state index contributed by atoms with van der Waals surface area (Å²) in [6.45, 7) is 0.574. The molecule has 2 rings (SSSR count). The van der Waals surface area contributed by atoms with Gasteiger partial charge in [-0.15, -0.1) is 0 Å². The van der Waals surface area contributed by atoms with Crippen LogP contribution < -0.4 is 15.2 Å². The van der Waals surface area contributed by atoms with E-state index in [2.05, 4.69) is 4.98 Å². The largest absolute Gasteiger partial charge is 0.497 e. The number of benzene rings is 1. The molecule has 0 spiro atoms. The topological polar surface area (TPSA) is 57.4 Å². The van der Waals surface area contributed by atoms with Gasteiger partial charge in [-0.2, -0.15) is 0 Å². The minimum absolute atomic E-state index is 0.574. The van der Waals surface area contributed by atoms with Gasteiger partial charge in [0.1, 0.15) is 11.5 Å². The molecule has 0 fully saturated rings. The zero-order chi connectivity index (χ0) is 12.8. The molecule has 0 saturated heterocycles. The lowest BCUT2D eigenvalue weighted by Crippen LogP contribution is -2.04. The number of hydrogen-bond acceptors (Lipinski definition) is 4. The number of nitrogens with two attached hydrogens (primary N) is 1. The molecule has 0 saturated carbocycles. The number of pyridine rings is 1. The lowest BCUT2D eigenvalue weighted by molar-refractivity contribution is 0.412. The van der Waals surface area contributed by atoms with E-state index in [0.29, 0.717) is 12.4 Å². The van der Waals surface area contributed by atoms with Crippen LogP contribution in [0.3, 0.4) is 0 Å². The van der Waals surface area contributed by atoms with Crippen LogP contribution >= 0.6 is 0 Å². The molecule has 0 bridgehead atoms. The molecular formula is C14H16N2O2. The van der Waals surface area contributed by atoms with Crippen LogP contribution in [0.4, 0.5) is 0 Å². The average Bonchev–Trinajstić information content (AvgIpc) is 2.42. The molecule has 0 unspecified atom stereocenters. The summed E-state index contributed by atoms with van der Waals surface area (Å²) in [6, 6.07) is 11.2. The first kappa shape index (κ1) is 12.4. The molecule has 0 amide bonds. The molecule has 0 aliphatic rings. The van der Waals surface area contributed by atoms with Gasteiger partial charge in [0.25, 0.3) is 0 Å². The van der Waals surface area contributed by atoms with Crippen LogP contribution in [0.2, 0.25) is 0 Å². The van der Waals surface area contributed by atoms with Crippen LogP contribution in [-0.4, -0.2) is 18.6 Å². The van der Waals surface area contributed by atoms with E-state index in [1.807, 2.05) is 36.4 Å². The first-order chi connectivity index (χ1) is 8.83. The molecule has 0 atom stereocenters. The van der Waals surface area contributed by atoms with Crippen molar-refractivity contribution in [3.05, 3.63) is 48.2 Å². The van der Waals surface area contributed by atoms with Crippen LogP contribution in [0.15, 0.2) is 42.6 Å². The third-order valence-electron chi connectivity index (χ3n) is 2.54. The zero-order valence-corrected chi connectivity index (χ0v) is 10.3. The van der Waals surface area contributed by atoms with E-state index < -0.39 is 0 Å². The van der Waals surface area contributed by atoms with Crippen LogP contribution in [0.5, 0.6) is 17.4 Å². The second-order valence-corrected chi connectivity index (χ2v) is 3.78. The third-order valence-corrected chi connectivity index (χ3v) is 2.54. The highest BCUT2D eigenvalue weighted by Crippen LogP contribution is 2.24. The molecule has 2 aromatic rings. The summed E-state index contributed by atoms with van der Waals surface area (Å²) in [5.41, 5.74) is 6.57. The summed E-state index contributed by atoms with van der Waals surface area (Å²) in [7, 11) is 1.63. The van der Waals surface area contributed by atoms with E-state index in [4.69, 9.17) is 15.2 Å². The molecule has 1 aromatic heterocycles. The SMILES string of the molecule is COc1ccc(Oc2ncccc2CCN)cc1. The van der Waals surface area contributed by atoms with Gasteiger partial charge >= 0.3 is 0 Å². The van der Waals surface area contributed by atoms with E-state index in [0.717, 1.165) is 23.5 Å². The zero-order valence-electron chi connectivity index (χ0n) is 10.3. The molecule has 0 aliphatic heterocycles. The molecule has 0 radical (unpaired) electrons. The second-order valence-electron chi connectivity index (χ2n) is 3.78. The number of nitrogens with zero attached hydrogens (tertiary/aromatic N) is 1. The maximum Gasteiger partial charge on any atom is 0.222 e. The van der Waals surface area contributed by atoms with E-state index >= 15 is 0 Å². The first-order valence-corrected chi connectivity index (χ1v) is 5.79. The normalized spacial score (nSPS) is 10.1. The van der Waals surface area contributed by atoms with E-state index in [1.54, 1.807) is 13.3 Å². The Bertz CT molecular complexity index is 497. The van der Waals surface area contributed by atoms with Crippen molar-refractivity contribution in [3.8, 4) is 17.4 Å². The van der Waals surface area contributed by atoms with Crippen molar-refractivity contribution in [2.45, 2.75) is 6.42 Å². The van der Waals surface area contributed by atoms with Crippen LogP contribution in [0.25, 0.3) is 0 Å². The predicted molar refractivity (Wildman–Crippen MR) is 70.1 cm³/mol. The Hall–Kier alpha value is -2.07. The van der Waals surface area contributed by atoms with Gasteiger partial charge in [0, 0.05) is 11.8 Å². The highest BCUT2D eigenvalue weighted by Gasteiger charge is 2.05. The summed E-state index contributed by atoms with van der Waals surface area (Å²) in [5, 5.41) is 0. The number of aromatic nitrogens is 1. The van der Waals surface area contributed by atoms with Crippen molar-refractivity contribution in [2.24, 2.45) is 5.73 Å². The fourth-order valence-corrected chi connectivity index (χ4v) is 1.62. The van der Waals surface area contributed by atoms with Crippen molar-refractivity contribution in [1.29, 1.82) is 0 Å². The number of hydrogen-bond donors (Lipinski definition) is 1. The monoisotopic (exact) mass is 244 g/mol. The third kappa shape index (κ3) is 2.99. The van der Waals surface area contributed by atoms with Gasteiger partial charge in [0.2, 0.25) is 5.88 Å². The molecule has 1 aromatic carbocycles. The van der Waals surface area contributed by atoms with Gasteiger partial charge in [-0.3, -0.25) is 0 Å². The van der Waals surface area contributed by atoms with E-state index in [1.165, 1.54) is 0 Å². The van der Waals surface area contributed by atoms with Gasteiger partial charge in [0.15, 0.2) is 0 Å². The lowest BCUT2D eigenvalue weighted by Gasteiger charge is -2.09. The van der Waals surface area contributed by atoms with E-state index in [-0.39, 0.29) is 0 Å². The molecule has 94 valence electrons. The quantitative estimate of drug-likeness (QED) is 0.877. The summed E-state index contributed by atoms with van der Waals surface area (Å²) < 4.78 is 10.8. The maximum absolute atomic E-state index is 5.74. The molecular weight excluding hydrogens is 228 g/mol. The summed E-state index contributed by atoms with van der Waals surface area (Å²) in [6.07, 6.45) is 2.46. The Kier molecular flexibility index (Phi) is 4.15. The fraction of sp³-hybridized carbons (Fsp3) is 0.214. The van der Waals surface area contributed by atoms with Crippen molar-refractivity contribution >= 4 is 0 Å². The van der Waals surface area contributed by atoms with Crippen molar-refractivity contribution < 1.29 is 9.47 Å². The molecule has 1 heterocycles. The number of methoxy groups -OCH3 is 1. The fourth-order valence-electron chi connectivity index (χ4n) is 1.62. The molecule has 4 heteroatoms. The lowest BCUT2D eigenvalue weighted by atomic mass is 10.2. The van der Waals surface area contributed by atoms with Gasteiger partial charge in [-0.05, 0) is 43.3 Å². The maximum atomic E-state index is 5.74. The van der Waals surface area contributed by atoms with Crippen molar-refractivity contribution in [2.75, 3.05) is 13.7 Å². The Balaban J connectivity index is 2.17. The Labute approximate surface area is 106 Å². The smallest absolute Gasteiger partial charge is 0.222 e. The van der Waals surface area contributed by atoms with Gasteiger partial charge in [0.05, 0.1) is 7.11 Å². The Morgan fingerprint density at radius 1 is 1.11 bits per heavy atom. The number of rotatable bonds is 5. The van der Waals surface area contributed by atoms with Crippen LogP contribution in [0.1, 0.15) is 5.56 Å². The average molecular weight is 244 g/mol. The molecule has 4 nitrogen and oxygen atoms in total. The Morgan fingerprint density at radius 2 is 1.83 bits per heavy atom. The van der Waals surface area contributed by atoms with Crippen LogP contribution in [0, 0.1) is 0 Å². The van der Waals surface area contributed by atoms with Gasteiger partial charge in [-0.25, -0.2) is 4.98 Å². The molecule has 2 N–H and O–H groups in total. The van der Waals surface area contributed by atoms with Gasteiger partial charge < -0.3 is 15.2 Å². The highest BCUT2D eigenvalue weighted by molar-refractivity contribution is 5.35. The van der Waals surface area contributed by atoms with Crippen molar-refractivity contribution in [3.63, 3.8) is 0 Å². The van der Waals surface area contributed by atoms with Crippen LogP contribution in [-0.2, 0) is 6.42 Å². The predicted octanol–water partition coefficient (Wildman–Crippen LogP) is 2.38.